The zero-order valence-electron chi connectivity index (χ0n) is 9.03. The lowest BCUT2D eigenvalue weighted by atomic mass is 10.1. The van der Waals surface area contributed by atoms with Crippen molar-refractivity contribution >= 4 is 33.3 Å². The van der Waals surface area contributed by atoms with Crippen LogP contribution in [0.1, 0.15) is 16.1 Å². The molecule has 0 aliphatic heterocycles. The van der Waals surface area contributed by atoms with E-state index in [0.29, 0.717) is 10.3 Å². The van der Waals surface area contributed by atoms with Crippen molar-refractivity contribution in [1.29, 1.82) is 0 Å². The molecule has 0 aliphatic carbocycles. The maximum absolute atomic E-state index is 13.5. The minimum Gasteiger partial charge on any atom is -0.294 e. The van der Waals surface area contributed by atoms with Crippen molar-refractivity contribution < 1.29 is 9.18 Å². The summed E-state index contributed by atoms with van der Waals surface area (Å²) in [4.78, 5) is 19.9. The van der Waals surface area contributed by atoms with Gasteiger partial charge in [-0.15, -0.1) is 0 Å². The molecule has 0 bridgehead atoms. The van der Waals surface area contributed by atoms with Gasteiger partial charge in [0.15, 0.2) is 5.78 Å². The summed E-state index contributed by atoms with van der Waals surface area (Å²) in [5.41, 5.74) is 0.353. The molecule has 0 unspecified atom stereocenters. The molecule has 0 radical (unpaired) electrons. The van der Waals surface area contributed by atoms with E-state index in [1.807, 2.05) is 0 Å². The Bertz CT molecular complexity index is 569. The Kier molecular flexibility index (Phi) is 4.04. The number of aromatic nitrogens is 2. The van der Waals surface area contributed by atoms with E-state index >= 15 is 0 Å². The monoisotopic (exact) mass is 328 g/mol. The van der Waals surface area contributed by atoms with Crippen LogP contribution in [0.2, 0.25) is 5.02 Å². The maximum Gasteiger partial charge on any atom is 0.173 e. The van der Waals surface area contributed by atoms with Gasteiger partial charge in [0, 0.05) is 0 Å². The smallest absolute Gasteiger partial charge is 0.173 e. The Hall–Kier alpha value is -1.33. The maximum atomic E-state index is 13.5. The van der Waals surface area contributed by atoms with Gasteiger partial charge in [0.1, 0.15) is 10.4 Å². The molecule has 0 spiro atoms. The lowest BCUT2D eigenvalue weighted by Gasteiger charge is -2.04. The minimum atomic E-state index is -0.627. The van der Waals surface area contributed by atoms with E-state index in [0.717, 1.165) is 0 Å². The van der Waals surface area contributed by atoms with Gasteiger partial charge in [-0.25, -0.2) is 9.37 Å². The summed E-state index contributed by atoms with van der Waals surface area (Å²) in [6.45, 7) is 0. The van der Waals surface area contributed by atoms with Crippen LogP contribution in [0.5, 0.6) is 0 Å². The molecule has 1 aromatic heterocycles. The SMILES string of the molecule is O=C(Cc1cnc(Br)cn1)c1c(F)cccc1Cl. The van der Waals surface area contributed by atoms with Gasteiger partial charge >= 0.3 is 0 Å². The molecule has 2 aromatic rings. The molecule has 0 N–H and O–H groups in total. The molecule has 0 saturated heterocycles. The Balaban J connectivity index is 2.25. The third-order valence-corrected chi connectivity index (χ3v) is 2.98. The lowest BCUT2D eigenvalue weighted by molar-refractivity contribution is 0.0988. The highest BCUT2D eigenvalue weighted by Gasteiger charge is 2.16. The Morgan fingerprint density at radius 1 is 1.33 bits per heavy atom. The van der Waals surface area contributed by atoms with Crippen molar-refractivity contribution in [2.45, 2.75) is 6.42 Å². The summed E-state index contributed by atoms with van der Waals surface area (Å²) < 4.78 is 14.1. The predicted octanol–water partition coefficient (Wildman–Crippen LogP) is 3.46. The summed E-state index contributed by atoms with van der Waals surface area (Å²) in [6.07, 6.45) is 2.89. The van der Waals surface area contributed by atoms with Crippen LogP contribution in [-0.2, 0) is 6.42 Å². The van der Waals surface area contributed by atoms with Crippen LogP contribution >= 0.6 is 27.5 Å². The molecule has 0 aliphatic rings. The van der Waals surface area contributed by atoms with E-state index in [9.17, 15) is 9.18 Å². The highest BCUT2D eigenvalue weighted by molar-refractivity contribution is 9.10. The number of carbonyl (C=O) groups is 1. The largest absolute Gasteiger partial charge is 0.294 e. The third-order valence-electron chi connectivity index (χ3n) is 2.26. The quantitative estimate of drug-likeness (QED) is 0.810. The number of benzene rings is 1. The molecular weight excluding hydrogens is 322 g/mol. The molecule has 0 fully saturated rings. The number of nitrogens with zero attached hydrogens (tertiary/aromatic N) is 2. The second-order valence-corrected chi connectivity index (χ2v) is 4.75. The fourth-order valence-corrected chi connectivity index (χ4v) is 1.92. The summed E-state index contributed by atoms with van der Waals surface area (Å²) in [5, 5.41) is 0.102. The first kappa shape index (κ1) is 13.1. The molecule has 6 heteroatoms. The molecule has 0 saturated carbocycles. The lowest BCUT2D eigenvalue weighted by Crippen LogP contribution is -2.08. The van der Waals surface area contributed by atoms with E-state index in [4.69, 9.17) is 11.6 Å². The summed E-state index contributed by atoms with van der Waals surface area (Å²) >= 11 is 8.95. The molecule has 0 amide bonds. The van der Waals surface area contributed by atoms with Crippen LogP contribution in [0.3, 0.4) is 0 Å². The first-order valence-corrected chi connectivity index (χ1v) is 6.18. The number of carbonyl (C=O) groups excluding carboxylic acids is 1. The van der Waals surface area contributed by atoms with Crippen molar-refractivity contribution in [1.82, 2.24) is 9.97 Å². The van der Waals surface area contributed by atoms with Crippen LogP contribution in [-0.4, -0.2) is 15.8 Å². The molecule has 1 heterocycles. The average molecular weight is 330 g/mol. The van der Waals surface area contributed by atoms with Crippen molar-refractivity contribution in [3.8, 4) is 0 Å². The molecule has 3 nitrogen and oxygen atoms in total. The molecule has 2 rings (SSSR count). The molecule has 18 heavy (non-hydrogen) atoms. The van der Waals surface area contributed by atoms with Crippen molar-refractivity contribution in [2.75, 3.05) is 0 Å². The van der Waals surface area contributed by atoms with Gasteiger partial charge in [-0.2, -0.15) is 0 Å². The van der Waals surface area contributed by atoms with E-state index in [1.54, 1.807) is 0 Å². The first-order valence-electron chi connectivity index (χ1n) is 5.01. The van der Waals surface area contributed by atoms with E-state index in [-0.39, 0.29) is 17.0 Å². The van der Waals surface area contributed by atoms with Crippen molar-refractivity contribution in [2.24, 2.45) is 0 Å². The topological polar surface area (TPSA) is 42.9 Å². The van der Waals surface area contributed by atoms with Gasteiger partial charge < -0.3 is 0 Å². The van der Waals surface area contributed by atoms with Gasteiger partial charge in [-0.1, -0.05) is 17.7 Å². The van der Waals surface area contributed by atoms with Crippen LogP contribution in [0.4, 0.5) is 4.39 Å². The van der Waals surface area contributed by atoms with Gasteiger partial charge in [0.2, 0.25) is 0 Å². The number of hydrogen-bond donors (Lipinski definition) is 0. The zero-order chi connectivity index (χ0) is 13.1. The van der Waals surface area contributed by atoms with E-state index in [1.165, 1.54) is 30.6 Å². The van der Waals surface area contributed by atoms with Crippen LogP contribution < -0.4 is 0 Å². The van der Waals surface area contributed by atoms with Crippen LogP contribution in [0.15, 0.2) is 35.2 Å². The van der Waals surface area contributed by atoms with E-state index in [2.05, 4.69) is 25.9 Å². The van der Waals surface area contributed by atoms with Gasteiger partial charge in [-0.05, 0) is 28.1 Å². The van der Waals surface area contributed by atoms with Crippen LogP contribution in [0, 0.1) is 5.82 Å². The number of hydrogen-bond acceptors (Lipinski definition) is 3. The standard InChI is InChI=1S/C12H7BrClFN2O/c13-11-6-16-7(5-17-11)4-10(18)12-8(14)2-1-3-9(12)15/h1-3,5-6H,4H2. The molecule has 92 valence electrons. The Morgan fingerprint density at radius 3 is 2.72 bits per heavy atom. The van der Waals surface area contributed by atoms with Gasteiger partial charge in [0.25, 0.3) is 0 Å². The normalized spacial score (nSPS) is 10.4. The molecular formula is C12H7BrClFN2O. The summed E-state index contributed by atoms with van der Waals surface area (Å²) in [5.74, 6) is -1.05. The molecule has 1 aromatic carbocycles. The highest BCUT2D eigenvalue weighted by atomic mass is 79.9. The minimum absolute atomic E-state index is 0.0407. The Morgan fingerprint density at radius 2 is 2.11 bits per heavy atom. The van der Waals surface area contributed by atoms with Gasteiger partial charge in [-0.3, -0.25) is 9.78 Å². The predicted molar refractivity (Wildman–Crippen MR) is 69.2 cm³/mol. The van der Waals surface area contributed by atoms with Crippen LogP contribution in [0.25, 0.3) is 0 Å². The fraction of sp³-hybridized carbons (Fsp3) is 0.0833. The van der Waals surface area contributed by atoms with Gasteiger partial charge in [0.05, 0.1) is 35.1 Å². The average Bonchev–Trinajstić information content (AvgIpc) is 2.32. The van der Waals surface area contributed by atoms with Crippen molar-refractivity contribution in [3.05, 3.63) is 57.3 Å². The summed E-state index contributed by atoms with van der Waals surface area (Å²) in [7, 11) is 0. The third kappa shape index (κ3) is 2.91. The second kappa shape index (κ2) is 5.54. The number of ketones is 1. The first-order chi connectivity index (χ1) is 8.58. The summed E-state index contributed by atoms with van der Waals surface area (Å²) in [6, 6.07) is 4.13. The second-order valence-electron chi connectivity index (χ2n) is 3.53. The highest BCUT2D eigenvalue weighted by Crippen LogP contribution is 2.20. The molecule has 0 atom stereocenters. The van der Waals surface area contributed by atoms with Crippen molar-refractivity contribution in [3.63, 3.8) is 0 Å². The van der Waals surface area contributed by atoms with E-state index < -0.39 is 11.6 Å². The Labute approximate surface area is 116 Å². The number of rotatable bonds is 3. The zero-order valence-corrected chi connectivity index (χ0v) is 11.4. The fourth-order valence-electron chi connectivity index (χ4n) is 1.45. The number of halogens is 3. The number of Topliss-reactive ketones (excluding diaryl/α,β-unsaturated/α-hetero) is 1.